The summed E-state index contributed by atoms with van der Waals surface area (Å²) in [7, 11) is 0. The van der Waals surface area contributed by atoms with E-state index in [2.05, 4.69) is 10.3 Å². The largest absolute Gasteiger partial charge is 0.444 e. The molecule has 0 spiro atoms. The van der Waals surface area contributed by atoms with Gasteiger partial charge in [-0.2, -0.15) is 0 Å². The molecule has 5 nitrogen and oxygen atoms in total. The van der Waals surface area contributed by atoms with Crippen LogP contribution < -0.4 is 10.2 Å². The molecule has 0 aliphatic heterocycles. The average molecular weight is 320 g/mol. The summed E-state index contributed by atoms with van der Waals surface area (Å²) in [6.07, 6.45) is 4.26. The van der Waals surface area contributed by atoms with Crippen molar-refractivity contribution in [2.75, 3.05) is 6.54 Å². The molecular weight excluding hydrogens is 300 g/mol. The van der Waals surface area contributed by atoms with E-state index in [4.69, 9.17) is 4.74 Å². The van der Waals surface area contributed by atoms with Gasteiger partial charge in [0.1, 0.15) is 5.60 Å². The predicted octanol–water partition coefficient (Wildman–Crippen LogP) is 3.52. The Balaban J connectivity index is 1.81. The minimum atomic E-state index is -0.479. The number of benzene rings is 1. The number of amides is 1. The van der Waals surface area contributed by atoms with Crippen molar-refractivity contribution in [3.63, 3.8) is 0 Å². The van der Waals surface area contributed by atoms with Gasteiger partial charge in [-0.15, -0.1) is 0 Å². The molecule has 22 heavy (non-hydrogen) atoms. The quantitative estimate of drug-likeness (QED) is 0.847. The lowest BCUT2D eigenvalue weighted by Gasteiger charge is -2.19. The van der Waals surface area contributed by atoms with Crippen LogP contribution >= 0.6 is 11.3 Å². The molecule has 0 unspecified atom stereocenters. The molecule has 0 aliphatic rings. The van der Waals surface area contributed by atoms with Gasteiger partial charge in [-0.3, -0.25) is 4.79 Å². The number of hydrogen-bond donors (Lipinski definition) is 2. The Labute approximate surface area is 133 Å². The summed E-state index contributed by atoms with van der Waals surface area (Å²) in [4.78, 5) is 25.4. The van der Waals surface area contributed by atoms with Crippen LogP contribution in [-0.2, 0) is 4.74 Å². The molecule has 0 bridgehead atoms. The number of carbonyl (C=O) groups excluding carboxylic acids is 1. The molecule has 1 aromatic carbocycles. The highest BCUT2D eigenvalue weighted by Gasteiger charge is 2.15. The molecular formula is C16H20N2O3S. The summed E-state index contributed by atoms with van der Waals surface area (Å²) in [6.45, 7) is 6.01. The van der Waals surface area contributed by atoms with E-state index in [0.717, 1.165) is 15.8 Å². The van der Waals surface area contributed by atoms with Gasteiger partial charge in [0, 0.05) is 6.54 Å². The highest BCUT2D eigenvalue weighted by molar-refractivity contribution is 7.16. The van der Waals surface area contributed by atoms with E-state index in [1.165, 1.54) is 11.3 Å². The Morgan fingerprint density at radius 2 is 2.18 bits per heavy atom. The minimum absolute atomic E-state index is 0.0438. The number of aromatic nitrogens is 1. The first-order valence-electron chi connectivity index (χ1n) is 7.10. The standard InChI is InChI=1S/C16H20N2O3S/c1-16(2,3)21-14(19)17-9-5-4-6-11-7-8-12-13(10-11)22-15(20)18-12/h4,6-8,10H,5,9H2,1-3H3,(H,17,19)(H,18,20). The molecule has 0 saturated carbocycles. The van der Waals surface area contributed by atoms with Crippen molar-refractivity contribution >= 4 is 33.7 Å². The Hall–Kier alpha value is -2.08. The third-order valence-corrected chi connectivity index (χ3v) is 3.58. The Morgan fingerprint density at radius 1 is 1.41 bits per heavy atom. The van der Waals surface area contributed by atoms with Crippen molar-refractivity contribution in [2.45, 2.75) is 32.8 Å². The van der Waals surface area contributed by atoms with E-state index in [1.807, 2.05) is 51.1 Å². The maximum atomic E-state index is 11.5. The van der Waals surface area contributed by atoms with E-state index < -0.39 is 11.7 Å². The van der Waals surface area contributed by atoms with Crippen molar-refractivity contribution in [3.8, 4) is 0 Å². The van der Waals surface area contributed by atoms with Gasteiger partial charge >= 0.3 is 11.0 Å². The number of fused-ring (bicyclic) bond motifs is 1. The number of alkyl carbamates (subject to hydrolysis) is 1. The minimum Gasteiger partial charge on any atom is -0.444 e. The van der Waals surface area contributed by atoms with Crippen molar-refractivity contribution in [3.05, 3.63) is 39.5 Å². The summed E-state index contributed by atoms with van der Waals surface area (Å²) < 4.78 is 6.09. The second kappa shape index (κ2) is 6.79. The van der Waals surface area contributed by atoms with Gasteiger partial charge < -0.3 is 15.0 Å². The maximum Gasteiger partial charge on any atom is 0.407 e. The number of nitrogens with one attached hydrogen (secondary N) is 2. The molecule has 0 saturated heterocycles. The zero-order chi connectivity index (χ0) is 16.2. The normalized spacial score (nSPS) is 12.0. The lowest BCUT2D eigenvalue weighted by molar-refractivity contribution is 0.0529. The van der Waals surface area contributed by atoms with Crippen LogP contribution in [0.3, 0.4) is 0 Å². The first-order chi connectivity index (χ1) is 10.3. The van der Waals surface area contributed by atoms with Gasteiger partial charge in [0.2, 0.25) is 0 Å². The second-order valence-corrected chi connectivity index (χ2v) is 6.90. The summed E-state index contributed by atoms with van der Waals surface area (Å²) >= 11 is 1.20. The summed E-state index contributed by atoms with van der Waals surface area (Å²) in [5, 5.41) is 2.70. The van der Waals surface area contributed by atoms with Crippen molar-refractivity contribution in [2.24, 2.45) is 0 Å². The van der Waals surface area contributed by atoms with Crippen LogP contribution in [-0.4, -0.2) is 23.2 Å². The van der Waals surface area contributed by atoms with Crippen LogP contribution in [0.2, 0.25) is 0 Å². The van der Waals surface area contributed by atoms with Crippen LogP contribution in [0.5, 0.6) is 0 Å². The average Bonchev–Trinajstić information content (AvgIpc) is 2.75. The van der Waals surface area contributed by atoms with E-state index >= 15 is 0 Å². The van der Waals surface area contributed by atoms with Crippen molar-refractivity contribution < 1.29 is 9.53 Å². The molecule has 2 N–H and O–H groups in total. The topological polar surface area (TPSA) is 71.2 Å². The summed E-state index contributed by atoms with van der Waals surface area (Å²) in [6, 6.07) is 5.81. The van der Waals surface area contributed by atoms with Crippen LogP contribution in [0.15, 0.2) is 29.1 Å². The number of ether oxygens (including phenoxy) is 1. The number of H-pyrrole nitrogens is 1. The van der Waals surface area contributed by atoms with Crippen LogP contribution in [0, 0.1) is 0 Å². The van der Waals surface area contributed by atoms with E-state index in [1.54, 1.807) is 0 Å². The monoisotopic (exact) mass is 320 g/mol. The second-order valence-electron chi connectivity index (χ2n) is 5.89. The molecule has 2 rings (SSSR count). The predicted molar refractivity (Wildman–Crippen MR) is 90.3 cm³/mol. The molecule has 1 heterocycles. The van der Waals surface area contributed by atoms with Crippen molar-refractivity contribution in [1.82, 2.24) is 10.3 Å². The molecule has 1 aromatic heterocycles. The number of carbonyl (C=O) groups is 1. The molecule has 0 radical (unpaired) electrons. The Morgan fingerprint density at radius 3 is 2.91 bits per heavy atom. The molecule has 118 valence electrons. The smallest absolute Gasteiger partial charge is 0.407 e. The molecule has 0 aliphatic carbocycles. The number of hydrogen-bond acceptors (Lipinski definition) is 4. The third-order valence-electron chi connectivity index (χ3n) is 2.73. The zero-order valence-electron chi connectivity index (χ0n) is 12.9. The fraction of sp³-hybridized carbons (Fsp3) is 0.375. The maximum absolute atomic E-state index is 11.5. The van der Waals surface area contributed by atoms with Crippen LogP contribution in [0.4, 0.5) is 4.79 Å². The number of thiazole rings is 1. The molecule has 2 aromatic rings. The third kappa shape index (κ3) is 5.04. The number of aromatic amines is 1. The fourth-order valence-electron chi connectivity index (χ4n) is 1.86. The highest BCUT2D eigenvalue weighted by atomic mass is 32.1. The lowest BCUT2D eigenvalue weighted by Crippen LogP contribution is -2.32. The molecule has 0 atom stereocenters. The van der Waals surface area contributed by atoms with Crippen LogP contribution in [0.25, 0.3) is 16.3 Å². The SMILES string of the molecule is CC(C)(C)OC(=O)NCCC=Cc1ccc2[nH]c(=O)sc2c1. The molecule has 0 fully saturated rings. The van der Waals surface area contributed by atoms with Crippen LogP contribution in [0.1, 0.15) is 32.8 Å². The summed E-state index contributed by atoms with van der Waals surface area (Å²) in [5.41, 5.74) is 1.41. The van der Waals surface area contributed by atoms with E-state index in [9.17, 15) is 9.59 Å². The lowest BCUT2D eigenvalue weighted by atomic mass is 10.2. The van der Waals surface area contributed by atoms with Gasteiger partial charge in [0.25, 0.3) is 0 Å². The van der Waals surface area contributed by atoms with Gasteiger partial charge in [0.05, 0.1) is 10.2 Å². The van der Waals surface area contributed by atoms with Crippen molar-refractivity contribution in [1.29, 1.82) is 0 Å². The Kier molecular flexibility index (Phi) is 5.03. The van der Waals surface area contributed by atoms with E-state index in [-0.39, 0.29) is 4.87 Å². The van der Waals surface area contributed by atoms with Gasteiger partial charge in [-0.05, 0) is 44.9 Å². The highest BCUT2D eigenvalue weighted by Crippen LogP contribution is 2.17. The summed E-state index contributed by atoms with van der Waals surface area (Å²) in [5.74, 6) is 0. The molecule has 1 amide bonds. The van der Waals surface area contributed by atoms with E-state index in [0.29, 0.717) is 13.0 Å². The van der Waals surface area contributed by atoms with Gasteiger partial charge in [-0.25, -0.2) is 4.79 Å². The Bertz CT molecular complexity index is 738. The first-order valence-corrected chi connectivity index (χ1v) is 7.91. The van der Waals surface area contributed by atoms with Gasteiger partial charge in [-0.1, -0.05) is 29.6 Å². The molecule has 6 heteroatoms. The first kappa shape index (κ1) is 16.3. The fourth-order valence-corrected chi connectivity index (χ4v) is 2.64. The zero-order valence-corrected chi connectivity index (χ0v) is 13.8. The number of rotatable bonds is 4. The van der Waals surface area contributed by atoms with Gasteiger partial charge in [0.15, 0.2) is 0 Å².